The van der Waals surface area contributed by atoms with Crippen molar-refractivity contribution >= 4 is 41.2 Å². The zero-order valence-electron chi connectivity index (χ0n) is 15.2. The molecule has 148 valence electrons. The maximum atomic E-state index is 12.2. The second-order valence-electron chi connectivity index (χ2n) is 5.76. The van der Waals surface area contributed by atoms with E-state index in [-0.39, 0.29) is 33.6 Å². The maximum Gasteiger partial charge on any atom is 0.363 e. The van der Waals surface area contributed by atoms with Gasteiger partial charge in [0.25, 0.3) is 5.69 Å². The number of hydrogen-bond donors (Lipinski definition) is 0. The van der Waals surface area contributed by atoms with Gasteiger partial charge in [0.15, 0.2) is 17.2 Å². The Balaban J connectivity index is 1.95. The van der Waals surface area contributed by atoms with Crippen LogP contribution in [-0.4, -0.2) is 29.9 Å². The molecule has 0 aromatic heterocycles. The zero-order valence-corrected chi connectivity index (χ0v) is 15.9. The van der Waals surface area contributed by atoms with Gasteiger partial charge in [-0.3, -0.25) is 14.9 Å². The first-order chi connectivity index (χ1) is 13.8. The number of non-ortho nitro benzene ring substituents is 1. The first kappa shape index (κ1) is 20.0. The van der Waals surface area contributed by atoms with E-state index in [0.29, 0.717) is 11.3 Å². The third-order valence-electron chi connectivity index (χ3n) is 3.76. The second-order valence-corrected chi connectivity index (χ2v) is 6.17. The van der Waals surface area contributed by atoms with Crippen LogP contribution in [0, 0.1) is 10.1 Å². The van der Waals surface area contributed by atoms with Crippen molar-refractivity contribution < 1.29 is 28.7 Å². The van der Waals surface area contributed by atoms with Crippen LogP contribution in [-0.2, 0) is 14.3 Å². The monoisotopic (exact) mass is 416 g/mol. The van der Waals surface area contributed by atoms with Crippen molar-refractivity contribution in [3.63, 3.8) is 0 Å². The summed E-state index contributed by atoms with van der Waals surface area (Å²) in [5, 5.41) is 10.8. The highest BCUT2D eigenvalue weighted by Gasteiger charge is 2.26. The van der Waals surface area contributed by atoms with Crippen LogP contribution in [0.3, 0.4) is 0 Å². The summed E-state index contributed by atoms with van der Waals surface area (Å²) in [6.07, 6.45) is 1.43. The third-order valence-corrected chi connectivity index (χ3v) is 4.07. The van der Waals surface area contributed by atoms with Gasteiger partial charge in [0.1, 0.15) is 0 Å². The van der Waals surface area contributed by atoms with Crippen molar-refractivity contribution in [2.24, 2.45) is 4.99 Å². The van der Waals surface area contributed by atoms with Crippen LogP contribution in [0.1, 0.15) is 18.1 Å². The number of halogens is 1. The summed E-state index contributed by atoms with van der Waals surface area (Å²) in [4.78, 5) is 37.8. The van der Waals surface area contributed by atoms with Crippen molar-refractivity contribution in [1.29, 1.82) is 0 Å². The first-order valence-corrected chi connectivity index (χ1v) is 8.49. The number of hydrogen-bond acceptors (Lipinski definition) is 8. The van der Waals surface area contributed by atoms with Crippen molar-refractivity contribution in [1.82, 2.24) is 0 Å². The molecule has 1 heterocycles. The molecule has 29 heavy (non-hydrogen) atoms. The minimum Gasteiger partial charge on any atom is -0.493 e. The van der Waals surface area contributed by atoms with Gasteiger partial charge in [-0.25, -0.2) is 9.79 Å². The van der Waals surface area contributed by atoms with Gasteiger partial charge in [-0.15, -0.1) is 0 Å². The molecule has 0 spiro atoms. The molecule has 0 saturated heterocycles. The van der Waals surface area contributed by atoms with Crippen LogP contribution in [0.2, 0.25) is 5.02 Å². The summed E-state index contributed by atoms with van der Waals surface area (Å²) in [6.45, 7) is 1.25. The standard InChI is InChI=1S/C19H13ClN2O7/c1-10(23)28-17-8-11(3-6-16(17)27-2)7-15-19(24)29-18(21-15)13-5-4-12(22(25)26)9-14(13)20/h3-9H,1-2H3. The van der Waals surface area contributed by atoms with Gasteiger partial charge in [-0.05, 0) is 29.8 Å². The topological polar surface area (TPSA) is 117 Å². The van der Waals surface area contributed by atoms with Crippen molar-refractivity contribution in [3.05, 3.63) is 68.4 Å². The molecule has 2 aromatic rings. The van der Waals surface area contributed by atoms with Crippen molar-refractivity contribution in [2.45, 2.75) is 6.92 Å². The number of rotatable bonds is 5. The molecule has 9 nitrogen and oxygen atoms in total. The summed E-state index contributed by atoms with van der Waals surface area (Å²) in [6, 6.07) is 8.44. The number of carbonyl (C=O) groups excluding carboxylic acids is 2. The van der Waals surface area contributed by atoms with Gasteiger partial charge in [0.05, 0.1) is 22.6 Å². The van der Waals surface area contributed by atoms with Crippen LogP contribution in [0.25, 0.3) is 6.08 Å². The van der Waals surface area contributed by atoms with Crippen LogP contribution in [0.4, 0.5) is 5.69 Å². The molecule has 0 unspecified atom stereocenters. The van der Waals surface area contributed by atoms with E-state index < -0.39 is 16.9 Å². The van der Waals surface area contributed by atoms with Crippen molar-refractivity contribution in [3.8, 4) is 11.5 Å². The predicted molar refractivity (Wildman–Crippen MR) is 103 cm³/mol. The van der Waals surface area contributed by atoms with Gasteiger partial charge in [0.2, 0.25) is 5.90 Å². The van der Waals surface area contributed by atoms with E-state index in [2.05, 4.69) is 4.99 Å². The summed E-state index contributed by atoms with van der Waals surface area (Å²) < 4.78 is 15.3. The molecule has 0 saturated carbocycles. The second kappa shape index (κ2) is 8.11. The Morgan fingerprint density at radius 1 is 1.24 bits per heavy atom. The molecule has 0 fully saturated rings. The third kappa shape index (κ3) is 4.41. The molecule has 0 aliphatic carbocycles. The average molecular weight is 417 g/mol. The zero-order chi connectivity index (χ0) is 21.1. The molecular formula is C19H13ClN2O7. The number of ether oxygens (including phenoxy) is 3. The number of cyclic esters (lactones) is 1. The summed E-state index contributed by atoms with van der Waals surface area (Å²) in [5.41, 5.74) is 0.530. The lowest BCUT2D eigenvalue weighted by Gasteiger charge is -2.08. The number of benzene rings is 2. The van der Waals surface area contributed by atoms with Crippen LogP contribution < -0.4 is 9.47 Å². The lowest BCUT2D eigenvalue weighted by molar-refractivity contribution is -0.384. The number of nitrogens with zero attached hydrogens (tertiary/aromatic N) is 2. The summed E-state index contributed by atoms with van der Waals surface area (Å²) >= 11 is 6.05. The Kier molecular flexibility index (Phi) is 5.60. The van der Waals surface area contributed by atoms with Gasteiger partial charge < -0.3 is 14.2 Å². The van der Waals surface area contributed by atoms with Crippen LogP contribution >= 0.6 is 11.6 Å². The molecule has 0 atom stereocenters. The Morgan fingerprint density at radius 3 is 2.62 bits per heavy atom. The van der Waals surface area contributed by atoms with Crippen LogP contribution in [0.5, 0.6) is 11.5 Å². The van der Waals surface area contributed by atoms with E-state index in [1.54, 1.807) is 12.1 Å². The van der Waals surface area contributed by atoms with E-state index in [1.165, 1.54) is 38.3 Å². The fraction of sp³-hybridized carbons (Fsp3) is 0.105. The number of carbonyl (C=O) groups is 2. The minimum absolute atomic E-state index is 0.0200. The number of esters is 2. The molecule has 0 bridgehead atoms. The fourth-order valence-corrected chi connectivity index (χ4v) is 2.75. The van der Waals surface area contributed by atoms with Gasteiger partial charge in [0, 0.05) is 19.1 Å². The molecular weight excluding hydrogens is 404 g/mol. The minimum atomic E-state index is -0.723. The highest BCUT2D eigenvalue weighted by atomic mass is 35.5. The number of nitro benzene ring substituents is 1. The van der Waals surface area contributed by atoms with Crippen LogP contribution in [0.15, 0.2) is 47.1 Å². The number of aliphatic imine (C=N–C) groups is 1. The normalized spacial score (nSPS) is 14.4. The Morgan fingerprint density at radius 2 is 2.00 bits per heavy atom. The maximum absolute atomic E-state index is 12.2. The quantitative estimate of drug-likeness (QED) is 0.240. The average Bonchev–Trinajstić information content (AvgIpc) is 3.01. The number of methoxy groups -OCH3 is 1. The highest BCUT2D eigenvalue weighted by Crippen LogP contribution is 2.31. The molecule has 3 rings (SSSR count). The molecule has 10 heteroatoms. The first-order valence-electron chi connectivity index (χ1n) is 8.12. The van der Waals surface area contributed by atoms with Gasteiger partial charge in [-0.1, -0.05) is 17.7 Å². The molecule has 0 amide bonds. The van der Waals surface area contributed by atoms with Gasteiger partial charge >= 0.3 is 11.9 Å². The smallest absolute Gasteiger partial charge is 0.363 e. The molecule has 0 N–H and O–H groups in total. The Labute approximate surface area is 169 Å². The SMILES string of the molecule is COc1ccc(C=C2N=C(c3ccc([N+](=O)[O-])cc3Cl)OC2=O)cc1OC(C)=O. The largest absolute Gasteiger partial charge is 0.493 e. The van der Waals surface area contributed by atoms with E-state index in [0.717, 1.165) is 6.07 Å². The molecule has 0 radical (unpaired) electrons. The van der Waals surface area contributed by atoms with E-state index in [4.69, 9.17) is 25.8 Å². The highest BCUT2D eigenvalue weighted by molar-refractivity contribution is 6.34. The molecule has 2 aromatic carbocycles. The van der Waals surface area contributed by atoms with E-state index in [1.807, 2.05) is 0 Å². The fourth-order valence-electron chi connectivity index (χ4n) is 2.49. The lowest BCUT2D eigenvalue weighted by atomic mass is 10.1. The van der Waals surface area contributed by atoms with Gasteiger partial charge in [-0.2, -0.15) is 0 Å². The van der Waals surface area contributed by atoms with E-state index in [9.17, 15) is 19.7 Å². The Bertz CT molecular complexity index is 1090. The Hall–Kier alpha value is -3.72. The van der Waals surface area contributed by atoms with Crippen molar-refractivity contribution in [2.75, 3.05) is 7.11 Å². The predicted octanol–water partition coefficient (Wildman–Crippen LogP) is 3.53. The summed E-state index contributed by atoms with van der Waals surface area (Å²) in [5.74, 6) is -0.794. The molecule has 1 aliphatic rings. The lowest BCUT2D eigenvalue weighted by Crippen LogP contribution is -2.06. The van der Waals surface area contributed by atoms with E-state index >= 15 is 0 Å². The summed E-state index contributed by atoms with van der Waals surface area (Å²) in [7, 11) is 1.43. The number of nitro groups is 1. The molecule has 1 aliphatic heterocycles.